The lowest BCUT2D eigenvalue weighted by Gasteiger charge is -2.33. The van der Waals surface area contributed by atoms with Crippen LogP contribution in [0.5, 0.6) is 0 Å². The molecule has 3 rings (SSSR count). The predicted molar refractivity (Wildman–Crippen MR) is 114 cm³/mol. The number of nitrogens with zero attached hydrogens (tertiary/aromatic N) is 1. The van der Waals surface area contributed by atoms with Gasteiger partial charge in [-0.1, -0.05) is 12.1 Å². The molecule has 4 atom stereocenters. The molecule has 192 valence electrons. The summed E-state index contributed by atoms with van der Waals surface area (Å²) in [5, 5.41) is 3.15. The van der Waals surface area contributed by atoms with Gasteiger partial charge >= 0.3 is 18.4 Å². The Labute approximate surface area is 198 Å². The molecule has 11 heteroatoms. The summed E-state index contributed by atoms with van der Waals surface area (Å²) in [7, 11) is 2.77. The van der Waals surface area contributed by atoms with Gasteiger partial charge in [0, 0.05) is 31.1 Å². The molecule has 0 spiro atoms. The summed E-state index contributed by atoms with van der Waals surface area (Å²) in [6, 6.07) is 5.42. The fraction of sp³-hybridized carbons (Fsp3) is 0.458. The van der Waals surface area contributed by atoms with E-state index in [2.05, 4.69) is 5.32 Å². The Balaban J connectivity index is 1.95. The summed E-state index contributed by atoms with van der Waals surface area (Å²) in [4.78, 5) is 13.5. The fourth-order valence-corrected chi connectivity index (χ4v) is 4.66. The molecule has 1 amide bonds. The Morgan fingerprint density at radius 2 is 1.54 bits per heavy atom. The lowest BCUT2D eigenvalue weighted by Crippen LogP contribution is -2.43. The third-order valence-electron chi connectivity index (χ3n) is 6.41. The first kappa shape index (κ1) is 26.8. The molecule has 35 heavy (non-hydrogen) atoms. The first-order valence-corrected chi connectivity index (χ1v) is 10.8. The molecule has 2 aromatic carbocycles. The number of rotatable bonds is 5. The minimum atomic E-state index is -4.95. The number of nitrogens with one attached hydrogen (secondary N) is 1. The van der Waals surface area contributed by atoms with Crippen molar-refractivity contribution in [2.75, 3.05) is 14.2 Å². The van der Waals surface area contributed by atoms with Crippen LogP contribution in [0.4, 0.5) is 35.5 Å². The molecule has 0 saturated heterocycles. The second-order valence-electron chi connectivity index (χ2n) is 8.64. The predicted octanol–water partition coefficient (Wildman–Crippen LogP) is 6.53. The summed E-state index contributed by atoms with van der Waals surface area (Å²) in [6.07, 6.45) is -9.52. The van der Waals surface area contributed by atoms with E-state index >= 15 is 0 Å². The van der Waals surface area contributed by atoms with E-state index in [1.54, 1.807) is 19.2 Å². The van der Waals surface area contributed by atoms with E-state index in [9.17, 15) is 35.5 Å². The van der Waals surface area contributed by atoms with Crippen molar-refractivity contribution in [2.24, 2.45) is 0 Å². The summed E-state index contributed by atoms with van der Waals surface area (Å²) in [6.45, 7) is 1.48. The quantitative estimate of drug-likeness (QED) is 0.469. The van der Waals surface area contributed by atoms with E-state index in [0.717, 1.165) is 0 Å². The highest BCUT2D eigenvalue weighted by Crippen LogP contribution is 2.41. The van der Waals surface area contributed by atoms with Crippen molar-refractivity contribution in [3.63, 3.8) is 0 Å². The highest BCUT2D eigenvalue weighted by molar-refractivity contribution is 5.67. The average molecular weight is 506 g/mol. The molecule has 1 saturated carbocycles. The van der Waals surface area contributed by atoms with Crippen LogP contribution < -0.4 is 5.32 Å². The van der Waals surface area contributed by atoms with Gasteiger partial charge in [-0.25, -0.2) is 9.18 Å². The van der Waals surface area contributed by atoms with Crippen molar-refractivity contribution < 1.29 is 40.3 Å². The number of carbonyl (C=O) groups is 1. The van der Waals surface area contributed by atoms with Gasteiger partial charge in [0.25, 0.3) is 0 Å². The Bertz CT molecular complexity index is 1010. The molecule has 1 aliphatic rings. The van der Waals surface area contributed by atoms with Crippen LogP contribution in [0.25, 0.3) is 0 Å². The summed E-state index contributed by atoms with van der Waals surface area (Å²) in [5.41, 5.74) is -2.27. The molecular formula is C24H25F7N2O2. The molecule has 4 unspecified atom stereocenters. The smallest absolute Gasteiger partial charge is 0.416 e. The van der Waals surface area contributed by atoms with Crippen LogP contribution in [-0.4, -0.2) is 37.2 Å². The maximum absolute atomic E-state index is 13.5. The topological polar surface area (TPSA) is 41.6 Å². The monoisotopic (exact) mass is 506 g/mol. The van der Waals surface area contributed by atoms with Crippen LogP contribution in [0.15, 0.2) is 42.5 Å². The third-order valence-corrected chi connectivity index (χ3v) is 6.41. The Hall–Kier alpha value is -2.82. The summed E-state index contributed by atoms with van der Waals surface area (Å²) >= 11 is 0. The fourth-order valence-electron chi connectivity index (χ4n) is 4.66. The highest BCUT2D eigenvalue weighted by Gasteiger charge is 2.42. The molecule has 0 radical (unpaired) electrons. The molecule has 1 N–H and O–H groups in total. The molecule has 4 nitrogen and oxygen atoms in total. The second kappa shape index (κ2) is 10.0. The van der Waals surface area contributed by atoms with Crippen LogP contribution in [-0.2, 0) is 17.1 Å². The van der Waals surface area contributed by atoms with Crippen LogP contribution in [0.1, 0.15) is 54.0 Å². The largest absolute Gasteiger partial charge is 0.453 e. The third kappa shape index (κ3) is 6.06. The van der Waals surface area contributed by atoms with Crippen molar-refractivity contribution in [3.8, 4) is 0 Å². The minimum Gasteiger partial charge on any atom is -0.453 e. The number of methoxy groups -OCH3 is 1. The van der Waals surface area contributed by atoms with Gasteiger partial charge in [-0.15, -0.1) is 0 Å². The number of hydrogen-bond acceptors (Lipinski definition) is 3. The van der Waals surface area contributed by atoms with Gasteiger partial charge in [0.1, 0.15) is 5.82 Å². The highest BCUT2D eigenvalue weighted by atomic mass is 19.4. The maximum Gasteiger partial charge on any atom is 0.416 e. The zero-order valence-corrected chi connectivity index (χ0v) is 19.2. The van der Waals surface area contributed by atoms with E-state index in [4.69, 9.17) is 4.74 Å². The number of likely N-dealkylation sites (N-methyl/N-ethyl adjacent to an activating group) is 1. The van der Waals surface area contributed by atoms with Crippen LogP contribution >= 0.6 is 0 Å². The van der Waals surface area contributed by atoms with E-state index in [-0.39, 0.29) is 17.7 Å². The van der Waals surface area contributed by atoms with Gasteiger partial charge in [0.2, 0.25) is 0 Å². The van der Waals surface area contributed by atoms with E-state index in [1.807, 2.05) is 0 Å². The standard InChI is InChI=1S/C24H25F7N2O2/c1-13(15-10-16(23(26,27)28)12-17(11-15)24(29,30)31)32-19-8-9-20(33(2)22(34)35-3)21(19)14-4-6-18(25)7-5-14/h4-7,10-13,19-21,32H,8-9H2,1-3H3. The van der Waals surface area contributed by atoms with Gasteiger partial charge in [0.15, 0.2) is 0 Å². The molecular weight excluding hydrogens is 481 g/mol. The average Bonchev–Trinajstić information content (AvgIpc) is 3.20. The van der Waals surface area contributed by atoms with Crippen LogP contribution in [0.2, 0.25) is 0 Å². The molecule has 1 fully saturated rings. The van der Waals surface area contributed by atoms with Gasteiger partial charge in [0.05, 0.1) is 18.2 Å². The van der Waals surface area contributed by atoms with E-state index in [0.29, 0.717) is 30.5 Å². The Kier molecular flexibility index (Phi) is 7.68. The number of ether oxygens (including phenoxy) is 1. The number of amides is 1. The van der Waals surface area contributed by atoms with Crippen LogP contribution in [0.3, 0.4) is 0 Å². The number of hydrogen-bond donors (Lipinski definition) is 1. The molecule has 0 aromatic heterocycles. The summed E-state index contributed by atoms with van der Waals surface area (Å²) in [5.74, 6) is -0.874. The maximum atomic E-state index is 13.5. The van der Waals surface area contributed by atoms with Gasteiger partial charge in [-0.05, 0) is 61.2 Å². The second-order valence-corrected chi connectivity index (χ2v) is 8.64. The molecule has 1 aliphatic carbocycles. The lowest BCUT2D eigenvalue weighted by atomic mass is 9.89. The summed E-state index contributed by atoms with van der Waals surface area (Å²) < 4.78 is 98.1. The van der Waals surface area contributed by atoms with Gasteiger partial charge < -0.3 is 15.0 Å². The van der Waals surface area contributed by atoms with Crippen molar-refractivity contribution in [3.05, 3.63) is 70.5 Å². The first-order chi connectivity index (χ1) is 16.2. The zero-order chi connectivity index (χ0) is 26.1. The zero-order valence-electron chi connectivity index (χ0n) is 19.2. The molecule has 0 bridgehead atoms. The number of benzene rings is 2. The minimum absolute atomic E-state index is 0.0917. The number of halogens is 7. The molecule has 2 aromatic rings. The lowest BCUT2D eigenvalue weighted by molar-refractivity contribution is -0.143. The molecule has 0 heterocycles. The first-order valence-electron chi connectivity index (χ1n) is 10.8. The van der Waals surface area contributed by atoms with Crippen LogP contribution in [0, 0.1) is 5.82 Å². The SMILES string of the molecule is COC(=O)N(C)C1CCC(NC(C)c2cc(C(F)(F)F)cc(C(F)(F)F)c2)C1c1ccc(F)cc1. The van der Waals surface area contributed by atoms with Gasteiger partial charge in [-0.3, -0.25) is 0 Å². The van der Waals surface area contributed by atoms with Crippen molar-refractivity contribution in [1.29, 1.82) is 0 Å². The Morgan fingerprint density at radius 1 is 1.00 bits per heavy atom. The van der Waals surface area contributed by atoms with E-state index in [1.165, 1.54) is 31.1 Å². The molecule has 0 aliphatic heterocycles. The number of carbonyl (C=O) groups excluding carboxylic acids is 1. The Morgan fingerprint density at radius 3 is 2.03 bits per heavy atom. The normalized spacial score (nSPS) is 21.6. The van der Waals surface area contributed by atoms with Crippen molar-refractivity contribution in [1.82, 2.24) is 10.2 Å². The number of alkyl halides is 6. The van der Waals surface area contributed by atoms with Gasteiger partial charge in [-0.2, -0.15) is 26.3 Å². The van der Waals surface area contributed by atoms with Crippen molar-refractivity contribution in [2.45, 2.75) is 56.2 Å². The van der Waals surface area contributed by atoms with E-state index < -0.39 is 53.4 Å². The van der Waals surface area contributed by atoms with Crippen molar-refractivity contribution >= 4 is 6.09 Å².